The van der Waals surface area contributed by atoms with Gasteiger partial charge in [0.05, 0.1) is 6.61 Å². The van der Waals surface area contributed by atoms with Crippen LogP contribution in [0.4, 0.5) is 0 Å². The number of hydrogen-bond donors (Lipinski definition) is 2. The molecule has 204 valence electrons. The molecular formula is C26H43Cl2N5O3. The zero-order valence-corrected chi connectivity index (χ0v) is 23.3. The molecule has 8 nitrogen and oxygen atoms in total. The van der Waals surface area contributed by atoms with Crippen molar-refractivity contribution in [3.8, 4) is 5.75 Å². The summed E-state index contributed by atoms with van der Waals surface area (Å²) >= 11 is 0. The third kappa shape index (κ3) is 6.97. The molecule has 0 saturated carbocycles. The van der Waals surface area contributed by atoms with Gasteiger partial charge in [0.1, 0.15) is 17.8 Å². The fraction of sp³-hybridized carbons (Fsp3) is 0.692. The average molecular weight is 545 g/mol. The van der Waals surface area contributed by atoms with Crippen LogP contribution in [0.15, 0.2) is 18.2 Å². The first-order valence-electron chi connectivity index (χ1n) is 12.9. The SMILES string of the molecule is CCOC(=O)C1(COc2ccc3c(c2)CN(C(=N)N)CC3)CCN(C2CCN(CC)CC2)CC1.Cl.Cl. The number of fused-ring (bicyclic) bond motifs is 1. The second kappa shape index (κ2) is 13.7. The van der Waals surface area contributed by atoms with Crippen LogP contribution in [-0.4, -0.2) is 85.2 Å². The fourth-order valence-electron chi connectivity index (χ4n) is 5.66. The van der Waals surface area contributed by atoms with E-state index in [1.165, 1.54) is 31.5 Å². The number of carbonyl (C=O) groups excluding carboxylic acids is 1. The summed E-state index contributed by atoms with van der Waals surface area (Å²) in [5.74, 6) is 0.740. The highest BCUT2D eigenvalue weighted by Gasteiger charge is 2.45. The summed E-state index contributed by atoms with van der Waals surface area (Å²) in [4.78, 5) is 20.1. The highest BCUT2D eigenvalue weighted by Crippen LogP contribution is 2.36. The van der Waals surface area contributed by atoms with Gasteiger partial charge in [-0.1, -0.05) is 13.0 Å². The van der Waals surface area contributed by atoms with E-state index in [1.54, 1.807) is 0 Å². The Balaban J connectivity index is 0.00000228. The van der Waals surface area contributed by atoms with E-state index < -0.39 is 5.41 Å². The molecule has 0 atom stereocenters. The van der Waals surface area contributed by atoms with Crippen molar-refractivity contribution in [2.75, 3.05) is 52.5 Å². The Morgan fingerprint density at radius 2 is 1.78 bits per heavy atom. The minimum atomic E-state index is -0.599. The molecule has 1 aromatic rings. The first-order chi connectivity index (χ1) is 16.4. The lowest BCUT2D eigenvalue weighted by Gasteiger charge is -2.44. The predicted octanol–water partition coefficient (Wildman–Crippen LogP) is 3.29. The van der Waals surface area contributed by atoms with Gasteiger partial charge in [0, 0.05) is 19.1 Å². The molecular weight excluding hydrogens is 501 g/mol. The van der Waals surface area contributed by atoms with Gasteiger partial charge in [-0.25, -0.2) is 0 Å². The second-order valence-electron chi connectivity index (χ2n) is 9.98. The van der Waals surface area contributed by atoms with E-state index in [4.69, 9.17) is 20.6 Å². The monoisotopic (exact) mass is 543 g/mol. The van der Waals surface area contributed by atoms with Crippen molar-refractivity contribution in [1.29, 1.82) is 5.41 Å². The minimum Gasteiger partial charge on any atom is -0.492 e. The van der Waals surface area contributed by atoms with Gasteiger partial charge in [0.15, 0.2) is 5.96 Å². The molecule has 3 aliphatic rings. The molecule has 2 saturated heterocycles. The van der Waals surface area contributed by atoms with Gasteiger partial charge in [-0.05, 0) is 95.0 Å². The molecule has 1 aromatic carbocycles. The number of nitrogens with two attached hydrogens (primary N) is 1. The quantitative estimate of drug-likeness (QED) is 0.309. The number of esters is 1. The van der Waals surface area contributed by atoms with Crippen LogP contribution in [0.1, 0.15) is 50.7 Å². The Hall–Kier alpha value is -1.74. The maximum absolute atomic E-state index is 13.1. The van der Waals surface area contributed by atoms with Crippen molar-refractivity contribution in [1.82, 2.24) is 14.7 Å². The number of rotatable bonds is 7. The molecule has 0 bridgehead atoms. The van der Waals surface area contributed by atoms with E-state index in [2.05, 4.69) is 22.8 Å². The third-order valence-corrected chi connectivity index (χ3v) is 8.03. The molecule has 0 unspecified atom stereocenters. The number of halogens is 2. The van der Waals surface area contributed by atoms with Crippen LogP contribution in [0.5, 0.6) is 5.75 Å². The fourth-order valence-corrected chi connectivity index (χ4v) is 5.66. The van der Waals surface area contributed by atoms with E-state index in [1.807, 2.05) is 24.0 Å². The van der Waals surface area contributed by atoms with Gasteiger partial charge in [0.25, 0.3) is 0 Å². The van der Waals surface area contributed by atoms with E-state index in [0.717, 1.165) is 56.8 Å². The Kier molecular flexibility index (Phi) is 11.6. The van der Waals surface area contributed by atoms with E-state index in [0.29, 0.717) is 25.8 Å². The standard InChI is InChI=1S/C26H41N5O3.2ClH/c1-3-29-12-8-22(9-13-29)30-15-10-26(11-16-30,24(32)33-4-2)19-34-23-6-5-20-7-14-31(25(27)28)18-21(20)17-23;;/h5-6,17,22H,3-4,7-16,18-19H2,1-2H3,(H3,27,28);2*1H. The molecule has 3 N–H and O–H groups in total. The Morgan fingerprint density at radius 1 is 1.08 bits per heavy atom. The molecule has 3 aliphatic heterocycles. The Bertz CT molecular complexity index is 871. The number of likely N-dealkylation sites (tertiary alicyclic amines) is 2. The maximum Gasteiger partial charge on any atom is 0.315 e. The number of carbonyl (C=O) groups is 1. The number of nitrogens with one attached hydrogen (secondary N) is 1. The molecule has 4 rings (SSSR count). The zero-order chi connectivity index (χ0) is 24.1. The van der Waals surface area contributed by atoms with Crippen LogP contribution in [-0.2, 0) is 22.5 Å². The summed E-state index contributed by atoms with van der Waals surface area (Å²) in [5.41, 5.74) is 7.50. The molecule has 36 heavy (non-hydrogen) atoms. The molecule has 0 amide bonds. The van der Waals surface area contributed by atoms with Gasteiger partial charge < -0.3 is 29.9 Å². The lowest BCUT2D eigenvalue weighted by Crippen LogP contribution is -2.53. The van der Waals surface area contributed by atoms with Crippen molar-refractivity contribution in [2.24, 2.45) is 11.1 Å². The van der Waals surface area contributed by atoms with Gasteiger partial charge in [0.2, 0.25) is 0 Å². The predicted molar refractivity (Wildman–Crippen MR) is 147 cm³/mol. The van der Waals surface area contributed by atoms with Crippen LogP contribution in [0.25, 0.3) is 0 Å². The highest BCUT2D eigenvalue weighted by atomic mass is 35.5. The smallest absolute Gasteiger partial charge is 0.315 e. The van der Waals surface area contributed by atoms with Crippen molar-refractivity contribution < 1.29 is 14.3 Å². The number of ether oxygens (including phenoxy) is 2. The normalized spacial score (nSPS) is 20.4. The lowest BCUT2D eigenvalue weighted by molar-refractivity contribution is -0.161. The molecule has 2 fully saturated rings. The lowest BCUT2D eigenvalue weighted by atomic mass is 9.78. The number of nitrogens with zero attached hydrogens (tertiary/aromatic N) is 3. The first kappa shape index (κ1) is 30.5. The van der Waals surface area contributed by atoms with Gasteiger partial charge in [-0.2, -0.15) is 0 Å². The van der Waals surface area contributed by atoms with Crippen LogP contribution >= 0.6 is 24.8 Å². The van der Waals surface area contributed by atoms with E-state index in [9.17, 15) is 4.79 Å². The molecule has 3 heterocycles. The second-order valence-corrected chi connectivity index (χ2v) is 9.98. The third-order valence-electron chi connectivity index (χ3n) is 8.03. The van der Waals surface area contributed by atoms with E-state index in [-0.39, 0.29) is 36.7 Å². The summed E-state index contributed by atoms with van der Waals surface area (Å²) in [7, 11) is 0. The Labute approximate surface area is 228 Å². The summed E-state index contributed by atoms with van der Waals surface area (Å²) in [6.45, 7) is 11.5. The van der Waals surface area contributed by atoms with Crippen LogP contribution < -0.4 is 10.5 Å². The zero-order valence-electron chi connectivity index (χ0n) is 21.7. The van der Waals surface area contributed by atoms with Gasteiger partial charge in [-0.15, -0.1) is 24.8 Å². The van der Waals surface area contributed by atoms with Gasteiger partial charge >= 0.3 is 5.97 Å². The average Bonchev–Trinajstić information content (AvgIpc) is 2.87. The maximum atomic E-state index is 13.1. The number of piperidine rings is 2. The molecule has 10 heteroatoms. The largest absolute Gasteiger partial charge is 0.492 e. The molecule has 0 aromatic heterocycles. The first-order valence-corrected chi connectivity index (χ1v) is 12.9. The van der Waals surface area contributed by atoms with Gasteiger partial charge in [-0.3, -0.25) is 10.2 Å². The number of benzene rings is 1. The molecule has 0 radical (unpaired) electrons. The number of guanidine groups is 1. The summed E-state index contributed by atoms with van der Waals surface area (Å²) < 4.78 is 11.8. The highest BCUT2D eigenvalue weighted by molar-refractivity contribution is 5.85. The summed E-state index contributed by atoms with van der Waals surface area (Å²) in [6, 6.07) is 6.76. The van der Waals surface area contributed by atoms with Crippen molar-refractivity contribution in [3.63, 3.8) is 0 Å². The van der Waals surface area contributed by atoms with E-state index >= 15 is 0 Å². The topological polar surface area (TPSA) is 95.1 Å². The van der Waals surface area contributed by atoms with Crippen molar-refractivity contribution in [3.05, 3.63) is 29.3 Å². The molecule has 0 aliphatic carbocycles. The van der Waals surface area contributed by atoms with Crippen LogP contribution in [0.2, 0.25) is 0 Å². The molecule has 0 spiro atoms. The number of hydrogen-bond acceptors (Lipinski definition) is 6. The van der Waals surface area contributed by atoms with Crippen LogP contribution in [0.3, 0.4) is 0 Å². The Morgan fingerprint density at radius 3 is 2.39 bits per heavy atom. The van der Waals surface area contributed by atoms with Crippen molar-refractivity contribution >= 4 is 36.7 Å². The van der Waals surface area contributed by atoms with Crippen LogP contribution in [0, 0.1) is 10.8 Å². The minimum absolute atomic E-state index is 0. The van der Waals surface area contributed by atoms with Crippen molar-refractivity contribution in [2.45, 2.75) is 58.5 Å². The summed E-state index contributed by atoms with van der Waals surface area (Å²) in [5, 5.41) is 7.74. The summed E-state index contributed by atoms with van der Waals surface area (Å²) in [6.07, 6.45) is 4.83.